The molecule has 1 aromatic carbocycles. The van der Waals surface area contributed by atoms with Gasteiger partial charge in [-0.15, -0.1) is 0 Å². The first kappa shape index (κ1) is 13.5. The fourth-order valence-electron chi connectivity index (χ4n) is 2.15. The van der Waals surface area contributed by atoms with Crippen LogP contribution in [0.15, 0.2) is 47.5 Å². The minimum Gasteiger partial charge on any atom is -0.389 e. The third-order valence-corrected chi connectivity index (χ3v) is 3.07. The summed E-state index contributed by atoms with van der Waals surface area (Å²) in [6.07, 6.45) is 3.36. The fraction of sp³-hybridized carbons (Fsp3) is 0.267. The maximum atomic E-state index is 12.4. The summed E-state index contributed by atoms with van der Waals surface area (Å²) in [6, 6.07) is 9.56. The van der Waals surface area contributed by atoms with Crippen molar-refractivity contribution in [3.05, 3.63) is 53.1 Å². The van der Waals surface area contributed by atoms with Gasteiger partial charge in [-0.25, -0.2) is 9.36 Å². The van der Waals surface area contributed by atoms with E-state index in [4.69, 9.17) is 0 Å². The van der Waals surface area contributed by atoms with E-state index in [0.29, 0.717) is 10.9 Å². The van der Waals surface area contributed by atoms with Crippen LogP contribution < -0.4 is 5.56 Å². The number of benzene rings is 1. The van der Waals surface area contributed by atoms with Crippen molar-refractivity contribution in [2.45, 2.75) is 26.0 Å². The second-order valence-electron chi connectivity index (χ2n) is 5.63. The molecule has 0 unspecified atom stereocenters. The predicted molar refractivity (Wildman–Crippen MR) is 79.4 cm³/mol. The van der Waals surface area contributed by atoms with E-state index in [9.17, 15) is 9.90 Å². The van der Waals surface area contributed by atoms with Gasteiger partial charge in [0, 0.05) is 11.6 Å². The Balaban J connectivity index is 2.11. The van der Waals surface area contributed by atoms with Crippen molar-refractivity contribution in [3.63, 3.8) is 0 Å². The monoisotopic (exact) mass is 284 g/mol. The molecular weight excluding hydrogens is 268 g/mol. The minimum absolute atomic E-state index is 0.125. The Kier molecular flexibility index (Phi) is 3.10. The fourth-order valence-corrected chi connectivity index (χ4v) is 2.15. The van der Waals surface area contributed by atoms with Gasteiger partial charge < -0.3 is 5.11 Å². The van der Waals surface area contributed by atoms with Crippen molar-refractivity contribution in [3.8, 4) is 5.69 Å². The summed E-state index contributed by atoms with van der Waals surface area (Å²) in [7, 11) is 0. The Morgan fingerprint density at radius 1 is 1.24 bits per heavy atom. The molecule has 0 aliphatic heterocycles. The van der Waals surface area contributed by atoms with Crippen LogP contribution in [0.25, 0.3) is 16.6 Å². The number of aromatic nitrogens is 4. The third-order valence-electron chi connectivity index (χ3n) is 3.07. The van der Waals surface area contributed by atoms with Gasteiger partial charge in [0.05, 0.1) is 24.0 Å². The summed E-state index contributed by atoms with van der Waals surface area (Å²) in [5, 5.41) is 18.9. The summed E-state index contributed by atoms with van der Waals surface area (Å²) in [5.41, 5.74) is -0.0866. The number of rotatable bonds is 3. The van der Waals surface area contributed by atoms with E-state index in [2.05, 4.69) is 10.2 Å². The molecule has 0 bridgehead atoms. The lowest BCUT2D eigenvalue weighted by atomic mass is 10.1. The molecule has 0 amide bonds. The van der Waals surface area contributed by atoms with Gasteiger partial charge in [0.25, 0.3) is 5.56 Å². The van der Waals surface area contributed by atoms with Gasteiger partial charge in [-0.05, 0) is 26.0 Å². The Morgan fingerprint density at radius 3 is 2.62 bits per heavy atom. The van der Waals surface area contributed by atoms with Crippen molar-refractivity contribution in [2.24, 2.45) is 0 Å². The maximum Gasteiger partial charge on any atom is 0.295 e. The molecule has 3 rings (SSSR count). The van der Waals surface area contributed by atoms with E-state index in [0.717, 1.165) is 5.69 Å². The molecular formula is C15H16N4O2. The largest absolute Gasteiger partial charge is 0.389 e. The molecule has 0 spiro atoms. The number of para-hydroxylation sites is 1. The zero-order valence-corrected chi connectivity index (χ0v) is 11.9. The molecule has 0 radical (unpaired) electrons. The Hall–Kier alpha value is -2.47. The molecule has 0 aliphatic carbocycles. The van der Waals surface area contributed by atoms with Crippen molar-refractivity contribution in [1.82, 2.24) is 19.6 Å². The van der Waals surface area contributed by atoms with Crippen LogP contribution in [-0.2, 0) is 6.54 Å². The molecule has 0 fully saturated rings. The van der Waals surface area contributed by atoms with Gasteiger partial charge in [-0.1, -0.05) is 18.2 Å². The molecule has 0 aliphatic rings. The van der Waals surface area contributed by atoms with E-state index in [1.807, 2.05) is 30.3 Å². The number of hydrogen-bond acceptors (Lipinski definition) is 4. The number of hydrogen-bond donors (Lipinski definition) is 1. The summed E-state index contributed by atoms with van der Waals surface area (Å²) in [5.74, 6) is 0. The maximum absolute atomic E-state index is 12.4. The highest BCUT2D eigenvalue weighted by molar-refractivity contribution is 5.76. The molecule has 21 heavy (non-hydrogen) atoms. The molecule has 1 N–H and O–H groups in total. The van der Waals surface area contributed by atoms with Crippen LogP contribution in [0.4, 0.5) is 0 Å². The summed E-state index contributed by atoms with van der Waals surface area (Å²) in [6.45, 7) is 3.39. The molecule has 2 heterocycles. The van der Waals surface area contributed by atoms with Gasteiger partial charge in [-0.3, -0.25) is 4.79 Å². The lowest BCUT2D eigenvalue weighted by Crippen LogP contribution is -2.34. The number of aliphatic hydroxyl groups is 1. The molecule has 6 heteroatoms. The minimum atomic E-state index is -1.01. The summed E-state index contributed by atoms with van der Waals surface area (Å²) >= 11 is 0. The molecule has 6 nitrogen and oxygen atoms in total. The average Bonchev–Trinajstić information content (AvgIpc) is 2.87. The number of fused-ring (bicyclic) bond motifs is 1. The predicted octanol–water partition coefficient (Wildman–Crippen LogP) is 1.35. The topological polar surface area (TPSA) is 72.9 Å². The smallest absolute Gasteiger partial charge is 0.295 e. The molecule has 3 aromatic rings. The average molecular weight is 284 g/mol. The van der Waals surface area contributed by atoms with Crippen molar-refractivity contribution >= 4 is 10.9 Å². The molecule has 108 valence electrons. The Labute approximate surface area is 121 Å². The van der Waals surface area contributed by atoms with Gasteiger partial charge in [0.1, 0.15) is 0 Å². The lowest BCUT2D eigenvalue weighted by Gasteiger charge is -2.16. The van der Waals surface area contributed by atoms with Crippen molar-refractivity contribution in [2.75, 3.05) is 0 Å². The summed E-state index contributed by atoms with van der Waals surface area (Å²) < 4.78 is 2.90. The number of nitrogens with zero attached hydrogens (tertiary/aromatic N) is 4. The van der Waals surface area contributed by atoms with Gasteiger partial charge in [0.15, 0.2) is 5.52 Å². The van der Waals surface area contributed by atoms with Crippen LogP contribution in [0.5, 0.6) is 0 Å². The zero-order valence-electron chi connectivity index (χ0n) is 11.9. The van der Waals surface area contributed by atoms with Crippen LogP contribution in [0.2, 0.25) is 0 Å². The van der Waals surface area contributed by atoms with E-state index in [1.54, 1.807) is 30.9 Å². The molecule has 0 saturated carbocycles. The molecule has 0 saturated heterocycles. The van der Waals surface area contributed by atoms with E-state index < -0.39 is 5.60 Å². The lowest BCUT2D eigenvalue weighted by molar-refractivity contribution is 0.0563. The van der Waals surface area contributed by atoms with Crippen LogP contribution in [-0.4, -0.2) is 30.3 Å². The Bertz CT molecular complexity index is 828. The highest BCUT2D eigenvalue weighted by Gasteiger charge is 2.17. The molecule has 2 aromatic heterocycles. The van der Waals surface area contributed by atoms with E-state index >= 15 is 0 Å². The highest BCUT2D eigenvalue weighted by Crippen LogP contribution is 2.12. The SMILES string of the molecule is CC(C)(O)Cn1ncc2cn(-c3ccccc3)nc2c1=O. The Morgan fingerprint density at radius 2 is 1.95 bits per heavy atom. The van der Waals surface area contributed by atoms with Crippen LogP contribution >= 0.6 is 0 Å². The summed E-state index contributed by atoms with van der Waals surface area (Å²) in [4.78, 5) is 12.4. The van der Waals surface area contributed by atoms with Gasteiger partial charge >= 0.3 is 0 Å². The first-order valence-electron chi connectivity index (χ1n) is 6.67. The first-order valence-corrected chi connectivity index (χ1v) is 6.67. The van der Waals surface area contributed by atoms with Crippen LogP contribution in [0, 0.1) is 0 Å². The molecule has 0 atom stereocenters. The zero-order chi connectivity index (χ0) is 15.0. The van der Waals surface area contributed by atoms with Crippen molar-refractivity contribution in [1.29, 1.82) is 0 Å². The van der Waals surface area contributed by atoms with Crippen molar-refractivity contribution < 1.29 is 5.11 Å². The first-order chi connectivity index (χ1) is 9.94. The van der Waals surface area contributed by atoms with Crippen LogP contribution in [0.1, 0.15) is 13.8 Å². The highest BCUT2D eigenvalue weighted by atomic mass is 16.3. The van der Waals surface area contributed by atoms with E-state index in [-0.39, 0.29) is 12.1 Å². The second-order valence-corrected chi connectivity index (χ2v) is 5.63. The normalized spacial score (nSPS) is 12.0. The van der Waals surface area contributed by atoms with Gasteiger partial charge in [-0.2, -0.15) is 10.2 Å². The second kappa shape index (κ2) is 4.82. The van der Waals surface area contributed by atoms with E-state index in [1.165, 1.54) is 4.68 Å². The standard InChI is InChI=1S/C15H16N4O2/c1-15(2,21)10-19-14(20)13-11(8-16-19)9-18(17-13)12-6-4-3-5-7-12/h3-9,21H,10H2,1-2H3. The third kappa shape index (κ3) is 2.71. The quantitative estimate of drug-likeness (QED) is 0.788. The van der Waals surface area contributed by atoms with Gasteiger partial charge in [0.2, 0.25) is 0 Å². The van der Waals surface area contributed by atoms with Crippen LogP contribution in [0.3, 0.4) is 0 Å².